The van der Waals surface area contributed by atoms with E-state index in [0.717, 1.165) is 109 Å². The molecule has 5 heteroatoms. The highest BCUT2D eigenvalue weighted by atomic mass is 15.2. The Morgan fingerprint density at radius 3 is 0.451 bits per heavy atom. The summed E-state index contributed by atoms with van der Waals surface area (Å²) in [4.78, 5) is 11.9. The Morgan fingerprint density at radius 1 is 0.165 bits per heavy atom. The molecule has 0 spiro atoms. The fourth-order valence-electron chi connectivity index (χ4n) is 19.0. The standard InChI is InChI=1S/C86H79N5/c1-6-16-70(17-7-1)87(75-30-26-68(27-31-75)85-56-62-50-63(57-85)52-64(51-62)58-85)77-34-38-79(39-35-77)89(72-20-10-3-11-21-72)81-42-46-83(47-43-81)91(74-24-14-5-15-25-74)84-48-44-82(45-49-84)90(73-22-12-4-13-23-73)80-40-36-78(37-41-80)88(71-18-8-2-9-19-71)76-32-28-69(29-33-76)86-59-65-53-66(60-86)55-67(54-65)61-86/h1-49,62-67H,50-61H2. The summed E-state index contributed by atoms with van der Waals surface area (Å²) in [5.41, 5.74) is 20.5. The van der Waals surface area contributed by atoms with Crippen molar-refractivity contribution in [2.45, 2.75) is 87.9 Å². The molecule has 448 valence electrons. The number of rotatable bonds is 17. The zero-order valence-electron chi connectivity index (χ0n) is 52.0. The number of para-hydroxylation sites is 5. The van der Waals surface area contributed by atoms with Gasteiger partial charge in [-0.2, -0.15) is 0 Å². The van der Waals surface area contributed by atoms with Crippen molar-refractivity contribution >= 4 is 85.3 Å². The van der Waals surface area contributed by atoms with Crippen LogP contribution in [0.2, 0.25) is 0 Å². The van der Waals surface area contributed by atoms with Gasteiger partial charge in [0.25, 0.3) is 0 Å². The van der Waals surface area contributed by atoms with Crippen LogP contribution in [0.4, 0.5) is 85.3 Å². The molecule has 0 atom stereocenters. The summed E-state index contributed by atoms with van der Waals surface area (Å²) in [5.74, 6) is 5.53. The van der Waals surface area contributed by atoms with E-state index in [0.29, 0.717) is 10.8 Å². The molecule has 0 amide bonds. The quantitative estimate of drug-likeness (QED) is 0.0900. The van der Waals surface area contributed by atoms with Crippen molar-refractivity contribution in [2.24, 2.45) is 35.5 Å². The Hall–Kier alpha value is -9.58. The topological polar surface area (TPSA) is 16.2 Å². The van der Waals surface area contributed by atoms with Gasteiger partial charge in [0.2, 0.25) is 0 Å². The fraction of sp³-hybridized carbons (Fsp3) is 0.233. The number of hydrogen-bond donors (Lipinski definition) is 0. The van der Waals surface area contributed by atoms with Crippen LogP contribution in [0.5, 0.6) is 0 Å². The summed E-state index contributed by atoms with van der Waals surface area (Å²) in [5, 5.41) is 0. The molecule has 0 unspecified atom stereocenters. The molecular formula is C86H79N5. The summed E-state index contributed by atoms with van der Waals surface area (Å²) in [7, 11) is 0. The molecule has 8 saturated carbocycles. The first kappa shape index (κ1) is 55.5. The Balaban J connectivity index is 0.657. The van der Waals surface area contributed by atoms with Crippen molar-refractivity contribution in [2.75, 3.05) is 24.5 Å². The van der Waals surface area contributed by atoms with E-state index >= 15 is 0 Å². The summed E-state index contributed by atoms with van der Waals surface area (Å²) in [6.07, 6.45) is 17.0. The Labute approximate surface area is 538 Å². The first-order valence-electron chi connectivity index (χ1n) is 33.8. The van der Waals surface area contributed by atoms with Gasteiger partial charge in [-0.05, 0) is 317 Å². The molecule has 0 radical (unpaired) electrons. The van der Waals surface area contributed by atoms with Crippen LogP contribution < -0.4 is 24.5 Å². The average molecular weight is 1180 g/mol. The van der Waals surface area contributed by atoms with Gasteiger partial charge in [0.05, 0.1) is 0 Å². The van der Waals surface area contributed by atoms with Crippen LogP contribution in [0.25, 0.3) is 0 Å². The maximum Gasteiger partial charge on any atom is 0.0463 e. The normalized spacial score (nSPS) is 23.2. The lowest BCUT2D eigenvalue weighted by molar-refractivity contribution is -0.00530. The second kappa shape index (κ2) is 23.3. The molecule has 0 aliphatic heterocycles. The van der Waals surface area contributed by atoms with Gasteiger partial charge in [-0.25, -0.2) is 0 Å². The molecule has 8 fully saturated rings. The second-order valence-electron chi connectivity index (χ2n) is 27.9. The number of benzene rings is 11. The minimum atomic E-state index is 0.368. The van der Waals surface area contributed by atoms with Gasteiger partial charge >= 0.3 is 0 Å². The summed E-state index contributed by atoms with van der Waals surface area (Å²) in [6.45, 7) is 0. The predicted molar refractivity (Wildman–Crippen MR) is 380 cm³/mol. The highest BCUT2D eigenvalue weighted by molar-refractivity contribution is 5.86. The average Bonchev–Trinajstić information content (AvgIpc) is 0.970. The van der Waals surface area contributed by atoms with E-state index < -0.39 is 0 Å². The Morgan fingerprint density at radius 2 is 0.297 bits per heavy atom. The third kappa shape index (κ3) is 10.6. The number of anilines is 15. The maximum atomic E-state index is 2.47. The van der Waals surface area contributed by atoms with E-state index in [1.807, 2.05) is 0 Å². The van der Waals surface area contributed by atoms with Gasteiger partial charge < -0.3 is 24.5 Å². The minimum Gasteiger partial charge on any atom is -0.311 e. The van der Waals surface area contributed by atoms with E-state index in [9.17, 15) is 0 Å². The Bertz CT molecular complexity index is 3920. The lowest BCUT2D eigenvalue weighted by Crippen LogP contribution is -2.48. The molecule has 5 nitrogen and oxygen atoms in total. The molecule has 0 saturated heterocycles. The monoisotopic (exact) mass is 1180 g/mol. The molecule has 19 rings (SSSR count). The molecule has 0 heterocycles. The van der Waals surface area contributed by atoms with E-state index in [-0.39, 0.29) is 0 Å². The first-order valence-corrected chi connectivity index (χ1v) is 33.8. The van der Waals surface area contributed by atoms with Crippen LogP contribution in [0.15, 0.2) is 297 Å². The van der Waals surface area contributed by atoms with Crippen molar-refractivity contribution in [3.05, 3.63) is 308 Å². The zero-order valence-corrected chi connectivity index (χ0v) is 52.0. The zero-order chi connectivity index (χ0) is 60.3. The van der Waals surface area contributed by atoms with E-state index in [1.165, 1.54) is 88.4 Å². The summed E-state index contributed by atoms with van der Waals surface area (Å²) >= 11 is 0. The fourth-order valence-corrected chi connectivity index (χ4v) is 19.0. The van der Waals surface area contributed by atoms with Crippen molar-refractivity contribution in [3.8, 4) is 0 Å². The summed E-state index contributed by atoms with van der Waals surface area (Å²) < 4.78 is 0. The van der Waals surface area contributed by atoms with Crippen LogP contribution >= 0.6 is 0 Å². The summed E-state index contributed by atoms with van der Waals surface area (Å²) in [6, 6.07) is 110. The molecule has 0 N–H and O–H groups in total. The molecule has 8 aliphatic carbocycles. The lowest BCUT2D eigenvalue weighted by Gasteiger charge is -2.57. The van der Waals surface area contributed by atoms with Crippen LogP contribution in [0.1, 0.15) is 88.2 Å². The van der Waals surface area contributed by atoms with Crippen molar-refractivity contribution in [1.29, 1.82) is 0 Å². The largest absolute Gasteiger partial charge is 0.311 e. The first-order chi connectivity index (χ1) is 44.9. The van der Waals surface area contributed by atoms with Crippen LogP contribution in [-0.2, 0) is 10.8 Å². The highest BCUT2D eigenvalue weighted by Crippen LogP contribution is 2.62. The van der Waals surface area contributed by atoms with E-state index in [2.05, 4.69) is 322 Å². The molecule has 8 aliphatic rings. The van der Waals surface area contributed by atoms with Gasteiger partial charge in [-0.3, -0.25) is 0 Å². The predicted octanol–water partition coefficient (Wildman–Crippen LogP) is 24.0. The third-order valence-corrected chi connectivity index (χ3v) is 22.1. The smallest absolute Gasteiger partial charge is 0.0463 e. The van der Waals surface area contributed by atoms with Gasteiger partial charge in [0.15, 0.2) is 0 Å². The molecular weight excluding hydrogens is 1100 g/mol. The van der Waals surface area contributed by atoms with Gasteiger partial charge in [0.1, 0.15) is 0 Å². The van der Waals surface area contributed by atoms with E-state index in [4.69, 9.17) is 0 Å². The number of nitrogens with zero attached hydrogens (tertiary/aromatic N) is 5. The molecule has 11 aromatic carbocycles. The molecule has 0 aromatic heterocycles. The maximum absolute atomic E-state index is 2.47. The van der Waals surface area contributed by atoms with Crippen LogP contribution in [0, 0.1) is 35.5 Å². The SMILES string of the molecule is c1ccc(N(c2ccc(N(c3ccccc3)c3ccc(N(c4ccccc4)c4ccc(C56CC7CC(CC(C7)C5)C6)cc4)cc3)cc2)c2ccc(N(c3ccccc3)c3ccc(N(c4ccccc4)c4ccc(C56CC7CC(CC(C7)C5)C6)cc4)cc3)cc2)cc1. The van der Waals surface area contributed by atoms with Gasteiger partial charge in [0, 0.05) is 85.3 Å². The number of hydrogen-bond acceptors (Lipinski definition) is 5. The highest BCUT2D eigenvalue weighted by Gasteiger charge is 2.53. The third-order valence-electron chi connectivity index (χ3n) is 22.1. The molecule has 8 bridgehead atoms. The molecule has 91 heavy (non-hydrogen) atoms. The van der Waals surface area contributed by atoms with E-state index in [1.54, 1.807) is 11.1 Å². The Kier molecular flexibility index (Phi) is 14.2. The minimum absolute atomic E-state index is 0.368. The van der Waals surface area contributed by atoms with Crippen LogP contribution in [0.3, 0.4) is 0 Å². The second-order valence-corrected chi connectivity index (χ2v) is 27.9. The van der Waals surface area contributed by atoms with Gasteiger partial charge in [-0.1, -0.05) is 115 Å². The van der Waals surface area contributed by atoms with Crippen molar-refractivity contribution in [1.82, 2.24) is 0 Å². The van der Waals surface area contributed by atoms with Crippen molar-refractivity contribution in [3.63, 3.8) is 0 Å². The van der Waals surface area contributed by atoms with Crippen LogP contribution in [-0.4, -0.2) is 0 Å². The van der Waals surface area contributed by atoms with Gasteiger partial charge in [-0.15, -0.1) is 0 Å². The molecule has 11 aromatic rings. The lowest BCUT2D eigenvalue weighted by atomic mass is 9.48. The van der Waals surface area contributed by atoms with Crippen molar-refractivity contribution < 1.29 is 0 Å².